The van der Waals surface area contributed by atoms with Gasteiger partial charge in [0.1, 0.15) is 5.82 Å². The first-order chi connectivity index (χ1) is 12.1. The molecule has 1 radical (unpaired) electrons. The second-order valence-corrected chi connectivity index (χ2v) is 6.14. The van der Waals surface area contributed by atoms with Crippen molar-refractivity contribution in [3.05, 3.63) is 75.3 Å². The number of halogens is 1. The van der Waals surface area contributed by atoms with E-state index in [0.717, 1.165) is 31.9 Å². The fraction of sp³-hybridized carbons (Fsp3) is 0.333. The minimum atomic E-state index is -0.372. The van der Waals surface area contributed by atoms with Crippen LogP contribution in [0.15, 0.2) is 42.5 Å². The number of rotatable bonds is 5. The first-order valence-electron chi connectivity index (χ1n) is 8.20. The van der Waals surface area contributed by atoms with Crippen LogP contribution in [0.2, 0.25) is 0 Å². The third kappa shape index (κ3) is 5.23. The number of benzene rings is 2. The van der Waals surface area contributed by atoms with Crippen molar-refractivity contribution in [2.45, 2.75) is 13.1 Å². The van der Waals surface area contributed by atoms with Gasteiger partial charge in [-0.25, -0.2) is 4.39 Å². The number of hydrogen-bond acceptors (Lipinski definition) is 4. The van der Waals surface area contributed by atoms with E-state index in [1.54, 1.807) is 24.3 Å². The summed E-state index contributed by atoms with van der Waals surface area (Å²) < 4.78 is 13.0. The molecule has 0 aliphatic carbocycles. The van der Waals surface area contributed by atoms with Crippen LogP contribution in [0.3, 0.4) is 0 Å². The maximum Gasteiger partial charge on any atom is 0.274 e. The van der Waals surface area contributed by atoms with Crippen LogP contribution in [-0.2, 0) is 13.1 Å². The molecular formula is C18H20AcFN4O2-. The molecule has 2 aromatic rings. The Morgan fingerprint density at radius 3 is 2.31 bits per heavy atom. The molecule has 0 atom stereocenters. The molecular weight excluding hydrogens is 550 g/mol. The van der Waals surface area contributed by atoms with Crippen LogP contribution in [0.25, 0.3) is 5.73 Å². The Morgan fingerprint density at radius 1 is 1.08 bits per heavy atom. The van der Waals surface area contributed by atoms with E-state index in [0.29, 0.717) is 17.7 Å². The molecule has 1 aliphatic rings. The third-order valence-corrected chi connectivity index (χ3v) is 4.51. The first kappa shape index (κ1) is 21.2. The van der Waals surface area contributed by atoms with Gasteiger partial charge in [0.05, 0.1) is 4.92 Å². The van der Waals surface area contributed by atoms with Gasteiger partial charge in [0.15, 0.2) is 0 Å². The summed E-state index contributed by atoms with van der Waals surface area (Å²) >= 11 is 0. The van der Waals surface area contributed by atoms with Gasteiger partial charge in [-0.05, 0) is 24.3 Å². The summed E-state index contributed by atoms with van der Waals surface area (Å²) in [6.45, 7) is 3.72. The SMILES string of the molecule is [Ac].[NH-]Cc1ccc(CN2CCN(c3ccc(F)cc3)CC2)c([N+](=O)[O-])c1. The number of nitro benzene ring substituents is 1. The third-order valence-electron chi connectivity index (χ3n) is 4.51. The van der Waals surface area contributed by atoms with E-state index in [9.17, 15) is 14.5 Å². The first-order valence-corrected chi connectivity index (χ1v) is 8.20. The predicted octanol–water partition coefficient (Wildman–Crippen LogP) is 3.61. The van der Waals surface area contributed by atoms with E-state index < -0.39 is 0 Å². The number of hydrogen-bond donors (Lipinski definition) is 0. The second kappa shape index (κ2) is 9.75. The topological polar surface area (TPSA) is 73.4 Å². The molecule has 3 rings (SSSR count). The molecule has 1 aliphatic heterocycles. The molecule has 0 bridgehead atoms. The zero-order valence-corrected chi connectivity index (χ0v) is 19.1. The van der Waals surface area contributed by atoms with Crippen molar-refractivity contribution in [2.75, 3.05) is 31.1 Å². The molecule has 0 spiro atoms. The monoisotopic (exact) mass is 570 g/mol. The minimum Gasteiger partial charge on any atom is -0.674 e. The Labute approximate surface area is 187 Å². The van der Waals surface area contributed by atoms with Gasteiger partial charge >= 0.3 is 0 Å². The molecule has 1 fully saturated rings. The molecule has 0 aromatic heterocycles. The summed E-state index contributed by atoms with van der Waals surface area (Å²) in [5, 5.41) is 11.3. The fourth-order valence-corrected chi connectivity index (χ4v) is 3.08. The van der Waals surface area contributed by atoms with Gasteiger partial charge in [-0.15, -0.1) is 6.54 Å². The van der Waals surface area contributed by atoms with Crippen molar-refractivity contribution < 1.29 is 53.4 Å². The van der Waals surface area contributed by atoms with Gasteiger partial charge < -0.3 is 10.6 Å². The van der Waals surface area contributed by atoms with Crippen LogP contribution in [0.4, 0.5) is 15.8 Å². The maximum absolute atomic E-state index is 13.0. The van der Waals surface area contributed by atoms with E-state index in [1.165, 1.54) is 18.2 Å². The quantitative estimate of drug-likeness (QED) is 0.407. The molecule has 0 saturated carbocycles. The van der Waals surface area contributed by atoms with Crippen LogP contribution < -0.4 is 4.90 Å². The Hall–Kier alpha value is -1.07. The summed E-state index contributed by atoms with van der Waals surface area (Å²) in [6.07, 6.45) is 0. The van der Waals surface area contributed by atoms with Crippen molar-refractivity contribution in [2.24, 2.45) is 0 Å². The number of piperazine rings is 1. The Balaban J connectivity index is 0.00000243. The summed E-state index contributed by atoms with van der Waals surface area (Å²) in [4.78, 5) is 15.3. The van der Waals surface area contributed by atoms with E-state index in [-0.39, 0.29) is 67.0 Å². The number of nitrogens with one attached hydrogen (secondary N) is 1. The summed E-state index contributed by atoms with van der Waals surface area (Å²) in [7, 11) is 0. The molecule has 2 aromatic carbocycles. The minimum absolute atomic E-state index is 0. The van der Waals surface area contributed by atoms with Crippen LogP contribution in [0.1, 0.15) is 11.1 Å². The maximum atomic E-state index is 13.0. The van der Waals surface area contributed by atoms with E-state index in [4.69, 9.17) is 5.73 Å². The van der Waals surface area contributed by atoms with Crippen molar-refractivity contribution in [1.82, 2.24) is 4.90 Å². The average Bonchev–Trinajstić information content (AvgIpc) is 2.63. The van der Waals surface area contributed by atoms with Crippen LogP contribution in [-0.4, -0.2) is 36.0 Å². The summed E-state index contributed by atoms with van der Waals surface area (Å²) in [5.74, 6) is -0.245. The van der Waals surface area contributed by atoms with Crippen LogP contribution in [0, 0.1) is 60.0 Å². The Bertz CT molecular complexity index is 749. The van der Waals surface area contributed by atoms with Crippen molar-refractivity contribution >= 4 is 11.4 Å². The molecule has 1 heterocycles. The molecule has 1 saturated heterocycles. The number of nitrogens with zero attached hydrogens (tertiary/aromatic N) is 3. The van der Waals surface area contributed by atoms with Crippen molar-refractivity contribution in [3.63, 3.8) is 0 Å². The normalized spacial score (nSPS) is 14.8. The van der Waals surface area contributed by atoms with Crippen molar-refractivity contribution in [1.29, 1.82) is 0 Å². The van der Waals surface area contributed by atoms with Crippen LogP contribution >= 0.6 is 0 Å². The zero-order valence-electron chi connectivity index (χ0n) is 14.4. The molecule has 135 valence electrons. The number of anilines is 1. The largest absolute Gasteiger partial charge is 0.674 e. The van der Waals surface area contributed by atoms with E-state index in [2.05, 4.69) is 9.80 Å². The molecule has 6 nitrogen and oxygen atoms in total. The molecule has 1 N–H and O–H groups in total. The van der Waals surface area contributed by atoms with Crippen molar-refractivity contribution in [3.8, 4) is 0 Å². The molecule has 0 unspecified atom stereocenters. The van der Waals surface area contributed by atoms with Gasteiger partial charge in [0, 0.05) is 94.1 Å². The van der Waals surface area contributed by atoms with E-state index >= 15 is 0 Å². The number of nitro groups is 1. The summed E-state index contributed by atoms with van der Waals surface area (Å²) in [6, 6.07) is 11.5. The fourth-order valence-electron chi connectivity index (χ4n) is 3.08. The van der Waals surface area contributed by atoms with Gasteiger partial charge in [-0.3, -0.25) is 15.0 Å². The molecule has 8 heteroatoms. The Kier molecular flexibility index (Phi) is 7.96. The van der Waals surface area contributed by atoms with Gasteiger partial charge in [-0.2, -0.15) is 0 Å². The zero-order chi connectivity index (χ0) is 17.8. The molecule has 26 heavy (non-hydrogen) atoms. The average molecular weight is 570 g/mol. The van der Waals surface area contributed by atoms with E-state index in [1.807, 2.05) is 0 Å². The standard InChI is InChI=1S/C18H20FN4O2.Ac/c19-16-3-5-17(6-4-16)22-9-7-21(8-10-22)13-15-2-1-14(12-20)11-18(15)23(24)25;/h1-6,11,20H,7-10,12-13H2;/q-1;. The second-order valence-electron chi connectivity index (χ2n) is 6.14. The summed E-state index contributed by atoms with van der Waals surface area (Å²) in [5.41, 5.74) is 9.77. The van der Waals surface area contributed by atoms with Gasteiger partial charge in [-0.1, -0.05) is 17.7 Å². The molecule has 0 amide bonds. The Morgan fingerprint density at radius 2 is 1.73 bits per heavy atom. The van der Waals surface area contributed by atoms with Gasteiger partial charge in [0.25, 0.3) is 5.69 Å². The van der Waals surface area contributed by atoms with Gasteiger partial charge in [0.2, 0.25) is 0 Å². The smallest absolute Gasteiger partial charge is 0.274 e. The van der Waals surface area contributed by atoms with Crippen LogP contribution in [0.5, 0.6) is 0 Å². The predicted molar refractivity (Wildman–Crippen MR) is 95.0 cm³/mol.